The van der Waals surface area contributed by atoms with E-state index >= 15 is 0 Å². The lowest BCUT2D eigenvalue weighted by atomic mass is 10.1. The SMILES string of the molecule is Cc1cc(C)cc(CSCC(=O)N(Cc2ccc(Cl)cc2Cl)C(C)C(=O)NC(C)(C)C)c1. The monoisotopic (exact) mass is 494 g/mol. The van der Waals surface area contributed by atoms with Crippen molar-refractivity contribution in [3.05, 3.63) is 68.7 Å². The summed E-state index contributed by atoms with van der Waals surface area (Å²) in [6, 6.07) is 10.9. The first-order valence-electron chi connectivity index (χ1n) is 10.6. The number of carbonyl (C=O) groups excluding carboxylic acids is 2. The first-order chi connectivity index (χ1) is 14.9. The Hall–Kier alpha value is -1.69. The van der Waals surface area contributed by atoms with E-state index in [9.17, 15) is 9.59 Å². The molecule has 0 aromatic heterocycles. The van der Waals surface area contributed by atoms with Gasteiger partial charge in [0.15, 0.2) is 0 Å². The van der Waals surface area contributed by atoms with Gasteiger partial charge in [0.05, 0.1) is 5.75 Å². The second-order valence-corrected chi connectivity index (χ2v) is 11.0. The van der Waals surface area contributed by atoms with E-state index in [0.717, 1.165) is 11.3 Å². The molecule has 0 saturated carbocycles. The molecule has 0 fully saturated rings. The number of nitrogens with one attached hydrogen (secondary N) is 1. The average Bonchev–Trinajstić information content (AvgIpc) is 2.64. The van der Waals surface area contributed by atoms with Gasteiger partial charge in [0.25, 0.3) is 0 Å². The Balaban J connectivity index is 2.16. The molecule has 2 rings (SSSR count). The molecule has 0 aliphatic carbocycles. The van der Waals surface area contributed by atoms with E-state index in [1.165, 1.54) is 16.7 Å². The van der Waals surface area contributed by atoms with Crippen LogP contribution in [0.15, 0.2) is 36.4 Å². The highest BCUT2D eigenvalue weighted by Crippen LogP contribution is 2.24. The van der Waals surface area contributed by atoms with Gasteiger partial charge in [-0.15, -0.1) is 11.8 Å². The summed E-state index contributed by atoms with van der Waals surface area (Å²) in [7, 11) is 0. The predicted octanol–water partition coefficient (Wildman–Crippen LogP) is 6.18. The fraction of sp³-hybridized carbons (Fsp3) is 0.440. The molecule has 0 aliphatic heterocycles. The van der Waals surface area contributed by atoms with Gasteiger partial charge < -0.3 is 10.2 Å². The number of hydrogen-bond acceptors (Lipinski definition) is 3. The summed E-state index contributed by atoms with van der Waals surface area (Å²) < 4.78 is 0. The van der Waals surface area contributed by atoms with E-state index < -0.39 is 11.6 Å². The van der Waals surface area contributed by atoms with Crippen LogP contribution in [0.1, 0.15) is 49.9 Å². The number of carbonyl (C=O) groups is 2. The van der Waals surface area contributed by atoms with Crippen molar-refractivity contribution < 1.29 is 9.59 Å². The van der Waals surface area contributed by atoms with Crippen molar-refractivity contribution in [1.29, 1.82) is 0 Å². The number of aryl methyl sites for hydroxylation is 2. The number of amides is 2. The third-order valence-electron chi connectivity index (χ3n) is 4.80. The van der Waals surface area contributed by atoms with E-state index in [1.807, 2.05) is 20.8 Å². The molecular weight excluding hydrogens is 463 g/mol. The van der Waals surface area contributed by atoms with Gasteiger partial charge in [0, 0.05) is 27.9 Å². The largest absolute Gasteiger partial charge is 0.350 e. The van der Waals surface area contributed by atoms with E-state index in [-0.39, 0.29) is 24.1 Å². The van der Waals surface area contributed by atoms with E-state index in [0.29, 0.717) is 10.0 Å². The van der Waals surface area contributed by atoms with Crippen molar-refractivity contribution in [2.45, 2.75) is 65.4 Å². The molecule has 0 heterocycles. The zero-order valence-corrected chi connectivity index (χ0v) is 21.9. The molecule has 2 aromatic rings. The molecule has 174 valence electrons. The number of halogens is 2. The van der Waals surface area contributed by atoms with Gasteiger partial charge in [0.2, 0.25) is 11.8 Å². The Morgan fingerprint density at radius 2 is 1.69 bits per heavy atom. The average molecular weight is 496 g/mol. The van der Waals surface area contributed by atoms with Crippen molar-refractivity contribution in [3.63, 3.8) is 0 Å². The summed E-state index contributed by atoms with van der Waals surface area (Å²) in [6.45, 7) is 11.9. The minimum absolute atomic E-state index is 0.109. The van der Waals surface area contributed by atoms with Crippen LogP contribution in [0.4, 0.5) is 0 Å². The van der Waals surface area contributed by atoms with E-state index in [4.69, 9.17) is 23.2 Å². The summed E-state index contributed by atoms with van der Waals surface area (Å²) in [5.74, 6) is 0.690. The molecule has 0 saturated heterocycles. The molecule has 0 radical (unpaired) electrons. The van der Waals surface area contributed by atoms with Gasteiger partial charge in [-0.3, -0.25) is 9.59 Å². The molecule has 2 aromatic carbocycles. The third-order valence-corrected chi connectivity index (χ3v) is 6.37. The molecule has 0 aliphatic rings. The molecule has 4 nitrogen and oxygen atoms in total. The van der Waals surface area contributed by atoms with Crippen LogP contribution in [-0.4, -0.2) is 34.0 Å². The lowest BCUT2D eigenvalue weighted by molar-refractivity contribution is -0.139. The summed E-state index contributed by atoms with van der Waals surface area (Å²) in [5, 5.41) is 3.97. The second-order valence-electron chi connectivity index (χ2n) is 9.16. The molecular formula is C25H32Cl2N2O2S. The maximum atomic E-state index is 13.2. The highest BCUT2D eigenvalue weighted by Gasteiger charge is 2.28. The molecule has 1 atom stereocenters. The maximum absolute atomic E-state index is 13.2. The topological polar surface area (TPSA) is 49.4 Å². The minimum atomic E-state index is -0.643. The zero-order chi connectivity index (χ0) is 24.1. The smallest absolute Gasteiger partial charge is 0.242 e. The van der Waals surface area contributed by atoms with Crippen LogP contribution >= 0.6 is 35.0 Å². The van der Waals surface area contributed by atoms with Crippen LogP contribution in [0.25, 0.3) is 0 Å². The van der Waals surface area contributed by atoms with Crippen molar-refractivity contribution >= 4 is 46.8 Å². The van der Waals surface area contributed by atoms with Crippen LogP contribution in [0, 0.1) is 13.8 Å². The quantitative estimate of drug-likeness (QED) is 0.476. The molecule has 0 bridgehead atoms. The molecule has 0 spiro atoms. The molecule has 1 N–H and O–H groups in total. The fourth-order valence-electron chi connectivity index (χ4n) is 3.38. The van der Waals surface area contributed by atoms with Crippen LogP contribution in [0.2, 0.25) is 10.0 Å². The third kappa shape index (κ3) is 8.34. The highest BCUT2D eigenvalue weighted by atomic mass is 35.5. The van der Waals surface area contributed by atoms with Crippen LogP contribution in [0.5, 0.6) is 0 Å². The van der Waals surface area contributed by atoms with Crippen molar-refractivity contribution in [2.75, 3.05) is 5.75 Å². The Morgan fingerprint density at radius 1 is 1.06 bits per heavy atom. The van der Waals surface area contributed by atoms with Gasteiger partial charge in [-0.05, 0) is 64.8 Å². The Morgan fingerprint density at radius 3 is 2.25 bits per heavy atom. The van der Waals surface area contributed by atoms with Crippen LogP contribution in [0.3, 0.4) is 0 Å². The highest BCUT2D eigenvalue weighted by molar-refractivity contribution is 7.99. The van der Waals surface area contributed by atoms with Gasteiger partial charge in [0.1, 0.15) is 6.04 Å². The standard InChI is InChI=1S/C25H32Cl2N2O2S/c1-16-9-17(2)11-19(10-16)14-32-15-23(30)29(18(3)24(31)28-25(4,5)6)13-20-7-8-21(26)12-22(20)27/h7-12,18H,13-15H2,1-6H3,(H,28,31). The fourth-order valence-corrected chi connectivity index (χ4v) is 4.69. The normalized spacial score (nSPS) is 12.4. The Kier molecular flexibility index (Phi) is 9.50. The molecule has 2 amide bonds. The summed E-state index contributed by atoms with van der Waals surface area (Å²) in [5.41, 5.74) is 3.96. The molecule has 7 heteroatoms. The zero-order valence-electron chi connectivity index (χ0n) is 19.6. The number of nitrogens with zero attached hydrogens (tertiary/aromatic N) is 1. The number of rotatable bonds is 8. The number of thioether (sulfide) groups is 1. The van der Waals surface area contributed by atoms with Crippen molar-refractivity contribution in [1.82, 2.24) is 10.2 Å². The van der Waals surface area contributed by atoms with Crippen molar-refractivity contribution in [3.8, 4) is 0 Å². The second kappa shape index (κ2) is 11.4. The van der Waals surface area contributed by atoms with Crippen LogP contribution in [-0.2, 0) is 21.9 Å². The van der Waals surface area contributed by atoms with E-state index in [1.54, 1.807) is 41.8 Å². The lowest BCUT2D eigenvalue weighted by Crippen LogP contribution is -2.52. The van der Waals surface area contributed by atoms with Gasteiger partial charge in [-0.1, -0.05) is 58.6 Å². The molecule has 32 heavy (non-hydrogen) atoms. The first-order valence-corrected chi connectivity index (χ1v) is 12.5. The summed E-state index contributed by atoms with van der Waals surface area (Å²) in [4.78, 5) is 27.6. The Labute approximate surface area is 206 Å². The predicted molar refractivity (Wildman–Crippen MR) is 136 cm³/mol. The minimum Gasteiger partial charge on any atom is -0.350 e. The van der Waals surface area contributed by atoms with Gasteiger partial charge >= 0.3 is 0 Å². The first kappa shape index (κ1) is 26.6. The van der Waals surface area contributed by atoms with E-state index in [2.05, 4.69) is 37.4 Å². The number of hydrogen-bond donors (Lipinski definition) is 1. The maximum Gasteiger partial charge on any atom is 0.242 e. The lowest BCUT2D eigenvalue weighted by Gasteiger charge is -2.31. The summed E-state index contributed by atoms with van der Waals surface area (Å²) in [6.07, 6.45) is 0. The molecule has 1 unspecified atom stereocenters. The van der Waals surface area contributed by atoms with Gasteiger partial charge in [-0.25, -0.2) is 0 Å². The van der Waals surface area contributed by atoms with Gasteiger partial charge in [-0.2, -0.15) is 0 Å². The van der Waals surface area contributed by atoms with Crippen molar-refractivity contribution in [2.24, 2.45) is 0 Å². The van der Waals surface area contributed by atoms with Crippen LogP contribution < -0.4 is 5.32 Å². The summed E-state index contributed by atoms with van der Waals surface area (Å²) >= 11 is 13.9. The Bertz CT molecular complexity index is 953. The number of benzene rings is 2.